The summed E-state index contributed by atoms with van der Waals surface area (Å²) in [6, 6.07) is 6.66. The SMILES string of the molecule is CC[C@H](CO)NC(=O)C(=O)NCc1ccccc1Cl. The molecule has 0 saturated heterocycles. The first kappa shape index (κ1) is 15.5. The van der Waals surface area contributed by atoms with Crippen molar-refractivity contribution in [1.82, 2.24) is 10.6 Å². The maximum absolute atomic E-state index is 11.5. The van der Waals surface area contributed by atoms with Crippen molar-refractivity contribution in [2.75, 3.05) is 6.61 Å². The van der Waals surface area contributed by atoms with Gasteiger partial charge in [-0.15, -0.1) is 0 Å². The van der Waals surface area contributed by atoms with Crippen LogP contribution in [-0.2, 0) is 16.1 Å². The molecule has 19 heavy (non-hydrogen) atoms. The van der Waals surface area contributed by atoms with Gasteiger partial charge >= 0.3 is 11.8 Å². The van der Waals surface area contributed by atoms with Crippen molar-refractivity contribution in [3.05, 3.63) is 34.9 Å². The molecular weight excluding hydrogens is 268 g/mol. The van der Waals surface area contributed by atoms with Crippen molar-refractivity contribution in [3.63, 3.8) is 0 Å². The number of hydrogen-bond acceptors (Lipinski definition) is 3. The van der Waals surface area contributed by atoms with E-state index in [0.29, 0.717) is 11.4 Å². The van der Waals surface area contributed by atoms with Crippen LogP contribution in [-0.4, -0.2) is 29.6 Å². The zero-order valence-electron chi connectivity index (χ0n) is 10.6. The average molecular weight is 285 g/mol. The Kier molecular flexibility index (Phi) is 6.32. The summed E-state index contributed by atoms with van der Waals surface area (Å²) in [6.07, 6.45) is 0.556. The summed E-state index contributed by atoms with van der Waals surface area (Å²) < 4.78 is 0. The van der Waals surface area contributed by atoms with E-state index in [9.17, 15) is 9.59 Å². The minimum atomic E-state index is -0.757. The van der Waals surface area contributed by atoms with Gasteiger partial charge in [0.05, 0.1) is 12.6 Å². The first-order chi connectivity index (χ1) is 9.08. The Morgan fingerprint density at radius 2 is 2.00 bits per heavy atom. The highest BCUT2D eigenvalue weighted by Crippen LogP contribution is 2.14. The molecule has 1 aromatic rings. The number of aliphatic hydroxyl groups excluding tert-OH is 1. The van der Waals surface area contributed by atoms with Crippen molar-refractivity contribution >= 4 is 23.4 Å². The summed E-state index contributed by atoms with van der Waals surface area (Å²) in [7, 11) is 0. The summed E-state index contributed by atoms with van der Waals surface area (Å²) in [6.45, 7) is 1.80. The van der Waals surface area contributed by atoms with Gasteiger partial charge in [-0.05, 0) is 18.1 Å². The third-order valence-corrected chi connectivity index (χ3v) is 3.02. The lowest BCUT2D eigenvalue weighted by molar-refractivity contribution is -0.139. The minimum Gasteiger partial charge on any atom is -0.394 e. The van der Waals surface area contributed by atoms with Gasteiger partial charge in [-0.2, -0.15) is 0 Å². The fourth-order valence-electron chi connectivity index (χ4n) is 1.43. The Bertz CT molecular complexity index is 447. The zero-order chi connectivity index (χ0) is 14.3. The van der Waals surface area contributed by atoms with Gasteiger partial charge in [-0.3, -0.25) is 9.59 Å². The average Bonchev–Trinajstić information content (AvgIpc) is 2.43. The Balaban J connectivity index is 2.47. The Hall–Kier alpha value is -1.59. The number of aliphatic hydroxyl groups is 1. The molecule has 0 heterocycles. The molecule has 1 atom stereocenters. The number of rotatable bonds is 5. The molecule has 6 heteroatoms. The minimum absolute atomic E-state index is 0.182. The number of carbonyl (C=O) groups excluding carboxylic acids is 2. The van der Waals surface area contributed by atoms with Crippen molar-refractivity contribution in [2.45, 2.75) is 25.9 Å². The maximum atomic E-state index is 11.5. The summed E-state index contributed by atoms with van der Waals surface area (Å²) in [5.41, 5.74) is 0.736. The van der Waals surface area contributed by atoms with Crippen molar-refractivity contribution in [1.29, 1.82) is 0 Å². The third-order valence-electron chi connectivity index (χ3n) is 2.65. The number of nitrogens with one attached hydrogen (secondary N) is 2. The molecule has 0 radical (unpaired) electrons. The number of amides is 2. The van der Waals surface area contributed by atoms with Gasteiger partial charge in [-0.25, -0.2) is 0 Å². The second-order valence-corrected chi connectivity index (χ2v) is 4.44. The molecule has 0 bridgehead atoms. The predicted octanol–water partition coefficient (Wildman–Crippen LogP) is 0.843. The molecular formula is C13H17ClN2O3. The molecule has 0 fully saturated rings. The predicted molar refractivity (Wildman–Crippen MR) is 72.6 cm³/mol. The molecule has 0 aliphatic heterocycles. The lowest BCUT2D eigenvalue weighted by Crippen LogP contribution is -2.45. The van der Waals surface area contributed by atoms with Crippen molar-refractivity contribution in [2.24, 2.45) is 0 Å². The van der Waals surface area contributed by atoms with Gasteiger partial charge in [0.25, 0.3) is 0 Å². The van der Waals surface area contributed by atoms with Gasteiger partial charge in [0.1, 0.15) is 0 Å². The van der Waals surface area contributed by atoms with Gasteiger partial charge in [0, 0.05) is 11.6 Å². The fraction of sp³-hybridized carbons (Fsp3) is 0.385. The monoisotopic (exact) mass is 284 g/mol. The normalized spacial score (nSPS) is 11.7. The molecule has 0 aromatic heterocycles. The van der Waals surface area contributed by atoms with Gasteiger partial charge < -0.3 is 15.7 Å². The van der Waals surface area contributed by atoms with Gasteiger partial charge in [0.15, 0.2) is 0 Å². The quantitative estimate of drug-likeness (QED) is 0.701. The Labute approximate surface area is 117 Å². The van der Waals surface area contributed by atoms with Crippen LogP contribution >= 0.6 is 11.6 Å². The molecule has 0 aliphatic carbocycles. The van der Waals surface area contributed by atoms with Crippen LogP contribution < -0.4 is 10.6 Å². The Morgan fingerprint density at radius 1 is 1.32 bits per heavy atom. The van der Waals surface area contributed by atoms with Crippen LogP contribution in [0.1, 0.15) is 18.9 Å². The van der Waals surface area contributed by atoms with Gasteiger partial charge in [-0.1, -0.05) is 36.7 Å². The summed E-state index contributed by atoms with van der Waals surface area (Å²) in [5, 5.41) is 14.4. The van der Waals surface area contributed by atoms with Crippen molar-refractivity contribution < 1.29 is 14.7 Å². The standard InChI is InChI=1S/C13H17ClN2O3/c1-2-10(8-17)16-13(19)12(18)15-7-9-5-3-4-6-11(9)14/h3-6,10,17H,2,7-8H2,1H3,(H,15,18)(H,16,19)/t10-/m1/s1. The first-order valence-corrected chi connectivity index (χ1v) is 6.39. The van der Waals surface area contributed by atoms with Crippen LogP contribution in [0.2, 0.25) is 5.02 Å². The Morgan fingerprint density at radius 3 is 2.58 bits per heavy atom. The number of halogens is 1. The molecule has 3 N–H and O–H groups in total. The zero-order valence-corrected chi connectivity index (χ0v) is 11.4. The second kappa shape index (κ2) is 7.76. The largest absolute Gasteiger partial charge is 0.394 e. The van der Waals surface area contributed by atoms with E-state index in [2.05, 4.69) is 10.6 Å². The van der Waals surface area contributed by atoms with E-state index in [0.717, 1.165) is 5.56 Å². The van der Waals surface area contributed by atoms with Crippen LogP contribution in [0.15, 0.2) is 24.3 Å². The van der Waals surface area contributed by atoms with E-state index in [1.165, 1.54) is 0 Å². The highest BCUT2D eigenvalue weighted by Gasteiger charge is 2.16. The maximum Gasteiger partial charge on any atom is 0.309 e. The van der Waals surface area contributed by atoms with Crippen LogP contribution in [0.25, 0.3) is 0 Å². The topological polar surface area (TPSA) is 78.4 Å². The van der Waals surface area contributed by atoms with E-state index in [4.69, 9.17) is 16.7 Å². The number of carbonyl (C=O) groups is 2. The highest BCUT2D eigenvalue weighted by molar-refractivity contribution is 6.35. The lowest BCUT2D eigenvalue weighted by atomic mass is 10.2. The molecule has 0 spiro atoms. The molecule has 104 valence electrons. The molecule has 5 nitrogen and oxygen atoms in total. The highest BCUT2D eigenvalue weighted by atomic mass is 35.5. The van der Waals surface area contributed by atoms with Crippen LogP contribution in [0.4, 0.5) is 0 Å². The number of benzene rings is 1. The van der Waals surface area contributed by atoms with Crippen molar-refractivity contribution in [3.8, 4) is 0 Å². The second-order valence-electron chi connectivity index (χ2n) is 4.04. The van der Waals surface area contributed by atoms with Crippen LogP contribution in [0.5, 0.6) is 0 Å². The summed E-state index contributed by atoms with van der Waals surface area (Å²) >= 11 is 5.93. The van der Waals surface area contributed by atoms with Gasteiger partial charge in [0.2, 0.25) is 0 Å². The summed E-state index contributed by atoms with van der Waals surface area (Å²) in [5.74, 6) is -1.50. The smallest absolute Gasteiger partial charge is 0.309 e. The molecule has 1 aromatic carbocycles. The van der Waals surface area contributed by atoms with E-state index >= 15 is 0 Å². The van der Waals surface area contributed by atoms with Crippen LogP contribution in [0.3, 0.4) is 0 Å². The first-order valence-electron chi connectivity index (χ1n) is 6.01. The van der Waals surface area contributed by atoms with Crippen LogP contribution in [0, 0.1) is 0 Å². The summed E-state index contributed by atoms with van der Waals surface area (Å²) in [4.78, 5) is 23.1. The molecule has 0 unspecified atom stereocenters. The van der Waals surface area contributed by atoms with E-state index < -0.39 is 17.9 Å². The number of hydrogen-bond donors (Lipinski definition) is 3. The molecule has 2 amide bonds. The molecule has 0 saturated carbocycles. The molecule has 0 aliphatic rings. The third kappa shape index (κ3) is 4.89. The fourth-order valence-corrected chi connectivity index (χ4v) is 1.63. The lowest BCUT2D eigenvalue weighted by Gasteiger charge is -2.13. The van der Waals surface area contributed by atoms with E-state index in [-0.39, 0.29) is 13.2 Å². The molecule has 1 rings (SSSR count). The van der Waals surface area contributed by atoms with E-state index in [1.807, 2.05) is 6.92 Å². The van der Waals surface area contributed by atoms with E-state index in [1.54, 1.807) is 24.3 Å².